The topological polar surface area (TPSA) is 70.1 Å². The Balaban J connectivity index is 1.96. The van der Waals surface area contributed by atoms with E-state index in [1.165, 1.54) is 18.5 Å². The molecule has 0 amide bonds. The second-order valence-corrected chi connectivity index (χ2v) is 5.21. The molecule has 0 saturated carbocycles. The first-order valence-electron chi connectivity index (χ1n) is 7.33. The highest BCUT2D eigenvalue weighted by Gasteiger charge is 2.18. The fourth-order valence-corrected chi connectivity index (χ4v) is 2.79. The minimum atomic E-state index is -0.344. The monoisotopic (exact) mass is 285 g/mol. The summed E-state index contributed by atoms with van der Waals surface area (Å²) in [5.74, 6) is -0.344. The van der Waals surface area contributed by atoms with Crippen molar-refractivity contribution in [3.63, 3.8) is 0 Å². The minimum Gasteiger partial charge on any atom is -0.462 e. The van der Waals surface area contributed by atoms with Crippen molar-refractivity contribution < 1.29 is 9.53 Å². The third kappa shape index (κ3) is 2.51. The van der Waals surface area contributed by atoms with Crippen LogP contribution in [-0.4, -0.2) is 22.1 Å². The van der Waals surface area contributed by atoms with Gasteiger partial charge >= 0.3 is 5.97 Å². The van der Waals surface area contributed by atoms with Gasteiger partial charge in [0.2, 0.25) is 0 Å². The van der Waals surface area contributed by atoms with Crippen molar-refractivity contribution >= 4 is 11.7 Å². The van der Waals surface area contributed by atoms with Gasteiger partial charge in [0.05, 0.1) is 35.6 Å². The largest absolute Gasteiger partial charge is 0.462 e. The van der Waals surface area contributed by atoms with Gasteiger partial charge in [-0.05, 0) is 50.8 Å². The first kappa shape index (κ1) is 13.7. The van der Waals surface area contributed by atoms with Crippen LogP contribution in [0.1, 0.15) is 41.5 Å². The summed E-state index contributed by atoms with van der Waals surface area (Å²) < 4.78 is 7.03. The lowest BCUT2D eigenvalue weighted by atomic mass is 10.0. The summed E-state index contributed by atoms with van der Waals surface area (Å²) in [6.07, 6.45) is 6.25. The lowest BCUT2D eigenvalue weighted by molar-refractivity contribution is 0.0526. The smallest absolute Gasteiger partial charge is 0.338 e. The van der Waals surface area contributed by atoms with Crippen molar-refractivity contribution in [1.29, 1.82) is 0 Å². The zero-order valence-corrected chi connectivity index (χ0v) is 12.1. The van der Waals surface area contributed by atoms with E-state index < -0.39 is 0 Å². The van der Waals surface area contributed by atoms with E-state index in [2.05, 4.69) is 4.98 Å². The lowest BCUT2D eigenvalue weighted by Crippen LogP contribution is -2.10. The number of nitrogens with zero attached hydrogens (tertiary/aromatic N) is 2. The van der Waals surface area contributed by atoms with Gasteiger partial charge in [-0.3, -0.25) is 0 Å². The van der Waals surface area contributed by atoms with E-state index in [9.17, 15) is 4.79 Å². The van der Waals surface area contributed by atoms with Gasteiger partial charge in [-0.25, -0.2) is 9.78 Å². The molecular weight excluding hydrogens is 266 g/mol. The van der Waals surface area contributed by atoms with Gasteiger partial charge in [0.15, 0.2) is 0 Å². The van der Waals surface area contributed by atoms with Gasteiger partial charge < -0.3 is 15.0 Å². The van der Waals surface area contributed by atoms with Crippen molar-refractivity contribution in [1.82, 2.24) is 9.55 Å². The number of aryl methyl sites for hydroxylation is 1. The Morgan fingerprint density at radius 2 is 2.19 bits per heavy atom. The van der Waals surface area contributed by atoms with E-state index in [1.54, 1.807) is 19.1 Å². The average molecular weight is 285 g/mol. The van der Waals surface area contributed by atoms with Gasteiger partial charge in [0.25, 0.3) is 0 Å². The first-order valence-corrected chi connectivity index (χ1v) is 7.33. The number of fused-ring (bicyclic) bond motifs is 1. The van der Waals surface area contributed by atoms with Crippen molar-refractivity contribution in [2.24, 2.45) is 0 Å². The maximum atomic E-state index is 11.7. The van der Waals surface area contributed by atoms with Crippen molar-refractivity contribution in [3.05, 3.63) is 41.5 Å². The van der Waals surface area contributed by atoms with Crippen LogP contribution in [0.2, 0.25) is 0 Å². The average Bonchev–Trinajstić information content (AvgIpc) is 2.91. The Kier molecular flexibility index (Phi) is 3.64. The molecule has 1 aliphatic rings. The van der Waals surface area contributed by atoms with Gasteiger partial charge in [-0.15, -0.1) is 0 Å². The normalized spacial score (nSPS) is 13.8. The number of rotatable bonds is 3. The molecule has 5 nitrogen and oxygen atoms in total. The molecule has 1 aromatic heterocycles. The van der Waals surface area contributed by atoms with Crippen LogP contribution in [0.15, 0.2) is 24.5 Å². The van der Waals surface area contributed by atoms with E-state index in [4.69, 9.17) is 10.5 Å². The van der Waals surface area contributed by atoms with E-state index in [1.807, 2.05) is 17.0 Å². The van der Waals surface area contributed by atoms with Crippen LogP contribution in [0.4, 0.5) is 5.69 Å². The molecule has 2 aromatic rings. The molecule has 3 rings (SSSR count). The number of imidazole rings is 1. The zero-order chi connectivity index (χ0) is 14.8. The van der Waals surface area contributed by atoms with Crippen LogP contribution < -0.4 is 5.73 Å². The van der Waals surface area contributed by atoms with Gasteiger partial charge in [-0.2, -0.15) is 0 Å². The number of nitrogen functional groups attached to an aromatic ring is 1. The summed E-state index contributed by atoms with van der Waals surface area (Å²) in [7, 11) is 0. The highest BCUT2D eigenvalue weighted by Crippen LogP contribution is 2.26. The fraction of sp³-hybridized carbons (Fsp3) is 0.375. The SMILES string of the molecule is CCOC(=O)c1ccc(-n2cnc3c2CCCC3)c(N)c1. The van der Waals surface area contributed by atoms with Crippen molar-refractivity contribution in [3.8, 4) is 5.69 Å². The molecule has 0 saturated heterocycles. The summed E-state index contributed by atoms with van der Waals surface area (Å²) >= 11 is 0. The molecule has 1 aromatic carbocycles. The summed E-state index contributed by atoms with van der Waals surface area (Å²) in [5, 5.41) is 0. The number of hydrogen-bond acceptors (Lipinski definition) is 4. The van der Waals surface area contributed by atoms with Crippen LogP contribution in [0.25, 0.3) is 5.69 Å². The zero-order valence-electron chi connectivity index (χ0n) is 12.1. The number of hydrogen-bond donors (Lipinski definition) is 1. The molecule has 0 spiro atoms. The number of carbonyl (C=O) groups excluding carboxylic acids is 1. The van der Waals surface area contributed by atoms with Gasteiger partial charge in [0.1, 0.15) is 0 Å². The molecule has 0 unspecified atom stereocenters. The number of nitrogens with two attached hydrogens (primary N) is 1. The summed E-state index contributed by atoms with van der Waals surface area (Å²) in [4.78, 5) is 16.2. The number of benzene rings is 1. The van der Waals surface area contributed by atoms with Crippen LogP contribution in [0.3, 0.4) is 0 Å². The van der Waals surface area contributed by atoms with E-state index >= 15 is 0 Å². The number of anilines is 1. The number of aromatic nitrogens is 2. The second-order valence-electron chi connectivity index (χ2n) is 5.21. The molecule has 0 bridgehead atoms. The van der Waals surface area contributed by atoms with Crippen LogP contribution >= 0.6 is 0 Å². The molecule has 0 radical (unpaired) electrons. The molecule has 0 aliphatic heterocycles. The molecule has 1 heterocycles. The molecule has 0 atom stereocenters. The Hall–Kier alpha value is -2.30. The fourth-order valence-electron chi connectivity index (χ4n) is 2.79. The minimum absolute atomic E-state index is 0.344. The molecule has 110 valence electrons. The summed E-state index contributed by atoms with van der Waals surface area (Å²) in [5.41, 5.74) is 10.4. The highest BCUT2D eigenvalue weighted by molar-refractivity contribution is 5.91. The quantitative estimate of drug-likeness (QED) is 0.695. The third-order valence-electron chi connectivity index (χ3n) is 3.83. The highest BCUT2D eigenvalue weighted by atomic mass is 16.5. The summed E-state index contributed by atoms with van der Waals surface area (Å²) in [6.45, 7) is 2.14. The molecule has 1 aliphatic carbocycles. The van der Waals surface area contributed by atoms with Crippen LogP contribution in [0, 0.1) is 0 Å². The summed E-state index contributed by atoms with van der Waals surface area (Å²) in [6, 6.07) is 5.28. The number of carbonyl (C=O) groups is 1. The maximum Gasteiger partial charge on any atom is 0.338 e. The van der Waals surface area contributed by atoms with Crippen LogP contribution in [0.5, 0.6) is 0 Å². The Bertz CT molecular complexity index is 676. The Labute approximate surface area is 123 Å². The van der Waals surface area contributed by atoms with Crippen LogP contribution in [-0.2, 0) is 17.6 Å². The maximum absolute atomic E-state index is 11.7. The number of ether oxygens (including phenoxy) is 1. The molecule has 2 N–H and O–H groups in total. The molecule has 21 heavy (non-hydrogen) atoms. The molecule has 5 heteroatoms. The standard InChI is InChI=1S/C16H19N3O2/c1-2-21-16(20)11-7-8-14(12(17)9-11)19-10-18-13-5-3-4-6-15(13)19/h7-10H,2-6,17H2,1H3. The molecular formula is C16H19N3O2. The van der Waals surface area contributed by atoms with Crippen molar-refractivity contribution in [2.75, 3.05) is 12.3 Å². The predicted molar refractivity (Wildman–Crippen MR) is 80.6 cm³/mol. The van der Waals surface area contributed by atoms with E-state index in [-0.39, 0.29) is 5.97 Å². The Morgan fingerprint density at radius 3 is 2.95 bits per heavy atom. The Morgan fingerprint density at radius 1 is 1.38 bits per heavy atom. The first-order chi connectivity index (χ1) is 10.2. The number of esters is 1. The van der Waals surface area contributed by atoms with Gasteiger partial charge in [0, 0.05) is 5.69 Å². The van der Waals surface area contributed by atoms with Gasteiger partial charge in [-0.1, -0.05) is 0 Å². The predicted octanol–water partition coefficient (Wildman–Crippen LogP) is 2.51. The van der Waals surface area contributed by atoms with Crippen molar-refractivity contribution in [2.45, 2.75) is 32.6 Å². The molecule has 0 fully saturated rings. The third-order valence-corrected chi connectivity index (χ3v) is 3.83. The lowest BCUT2D eigenvalue weighted by Gasteiger charge is -2.15. The second kappa shape index (κ2) is 5.60. The van der Waals surface area contributed by atoms with E-state index in [0.717, 1.165) is 24.2 Å². The van der Waals surface area contributed by atoms with E-state index in [0.29, 0.717) is 17.9 Å².